The molecule has 0 saturated carbocycles. The van der Waals surface area contributed by atoms with E-state index in [1.54, 1.807) is 24.5 Å². The van der Waals surface area contributed by atoms with Gasteiger partial charge in [-0.3, -0.25) is 0 Å². The Morgan fingerprint density at radius 2 is 2.33 bits per heavy atom. The van der Waals surface area contributed by atoms with E-state index in [1.807, 2.05) is 0 Å². The highest BCUT2D eigenvalue weighted by atomic mass is 32.2. The lowest BCUT2D eigenvalue weighted by atomic mass is 10.1. The minimum absolute atomic E-state index is 0.282. The Morgan fingerprint density at radius 1 is 1.48 bits per heavy atom. The molecule has 2 heterocycles. The number of hydrogen-bond donors (Lipinski definition) is 2. The number of benzene rings is 1. The molecule has 0 radical (unpaired) electrons. The predicted octanol–water partition coefficient (Wildman–Crippen LogP) is 1.18. The van der Waals surface area contributed by atoms with Gasteiger partial charge in [0.05, 0.1) is 22.3 Å². The van der Waals surface area contributed by atoms with Crippen molar-refractivity contribution >= 4 is 21.1 Å². The Morgan fingerprint density at radius 3 is 3.10 bits per heavy atom. The second-order valence-electron chi connectivity index (χ2n) is 5.48. The second-order valence-corrected chi connectivity index (χ2v) is 7.25. The smallest absolute Gasteiger partial charge is 0.240 e. The van der Waals surface area contributed by atoms with Gasteiger partial charge in [0.2, 0.25) is 10.0 Å². The van der Waals surface area contributed by atoms with Crippen LogP contribution >= 0.6 is 0 Å². The third-order valence-electron chi connectivity index (χ3n) is 4.08. The highest BCUT2D eigenvalue weighted by molar-refractivity contribution is 7.89. The van der Waals surface area contributed by atoms with Crippen molar-refractivity contribution in [2.24, 2.45) is 5.92 Å². The van der Waals surface area contributed by atoms with Crippen LogP contribution in [0, 0.1) is 5.92 Å². The zero-order valence-electron chi connectivity index (χ0n) is 12.0. The molecule has 6 nitrogen and oxygen atoms in total. The largest absolute Gasteiger partial charge is 0.345 e. The third kappa shape index (κ3) is 3.09. The van der Waals surface area contributed by atoms with Gasteiger partial charge < -0.3 is 9.88 Å². The number of nitrogens with one attached hydrogen (secondary N) is 2. The van der Waals surface area contributed by atoms with Gasteiger partial charge in [-0.25, -0.2) is 18.1 Å². The number of likely N-dealkylation sites (tertiary alicyclic amines) is 1. The highest BCUT2D eigenvalue weighted by Gasteiger charge is 2.23. The van der Waals surface area contributed by atoms with E-state index in [1.165, 1.54) is 0 Å². The molecule has 0 aliphatic carbocycles. The molecule has 1 aromatic carbocycles. The summed E-state index contributed by atoms with van der Waals surface area (Å²) in [6, 6.07) is 4.94. The molecule has 1 aliphatic rings. The fraction of sp³-hybridized carbons (Fsp3) is 0.500. The van der Waals surface area contributed by atoms with Gasteiger partial charge in [0.25, 0.3) is 0 Å². The molecule has 0 unspecified atom stereocenters. The number of H-pyrrole nitrogens is 1. The van der Waals surface area contributed by atoms with Crippen molar-refractivity contribution in [3.05, 3.63) is 24.5 Å². The van der Waals surface area contributed by atoms with Crippen LogP contribution in [0.5, 0.6) is 0 Å². The van der Waals surface area contributed by atoms with Crippen LogP contribution in [-0.2, 0) is 10.0 Å². The minimum atomic E-state index is -3.46. The molecule has 1 fully saturated rings. The van der Waals surface area contributed by atoms with Gasteiger partial charge in [0, 0.05) is 13.1 Å². The van der Waals surface area contributed by atoms with Crippen molar-refractivity contribution in [3.8, 4) is 0 Å². The SMILES string of the molecule is CCN1CC[C@H](CNS(=O)(=O)c2ccc3nc[nH]c3c2)C1. The van der Waals surface area contributed by atoms with Crippen LogP contribution in [0.25, 0.3) is 11.0 Å². The van der Waals surface area contributed by atoms with Gasteiger partial charge >= 0.3 is 0 Å². The first-order valence-corrected chi connectivity index (χ1v) is 8.72. The first-order valence-electron chi connectivity index (χ1n) is 7.23. The number of rotatable bonds is 5. The highest BCUT2D eigenvalue weighted by Crippen LogP contribution is 2.18. The molecule has 0 bridgehead atoms. The number of aromatic amines is 1. The minimum Gasteiger partial charge on any atom is -0.345 e. The summed E-state index contributed by atoms with van der Waals surface area (Å²) in [4.78, 5) is 9.65. The molecule has 114 valence electrons. The van der Waals surface area contributed by atoms with E-state index in [0.29, 0.717) is 12.5 Å². The van der Waals surface area contributed by atoms with E-state index in [0.717, 1.165) is 37.1 Å². The molecule has 1 aliphatic heterocycles. The Bertz CT molecular complexity index is 725. The predicted molar refractivity (Wildman–Crippen MR) is 81.5 cm³/mol. The molecular weight excluding hydrogens is 288 g/mol. The topological polar surface area (TPSA) is 78.1 Å². The maximum absolute atomic E-state index is 12.3. The summed E-state index contributed by atoms with van der Waals surface area (Å²) >= 11 is 0. The summed E-state index contributed by atoms with van der Waals surface area (Å²) < 4.78 is 27.4. The molecule has 1 aromatic heterocycles. The molecule has 1 atom stereocenters. The first kappa shape index (κ1) is 14.5. The number of imidazole rings is 1. The van der Waals surface area contributed by atoms with Crippen molar-refractivity contribution in [3.63, 3.8) is 0 Å². The van der Waals surface area contributed by atoms with Gasteiger partial charge in [0.15, 0.2) is 0 Å². The molecule has 2 N–H and O–H groups in total. The van der Waals surface area contributed by atoms with Gasteiger partial charge in [-0.05, 0) is 43.6 Å². The summed E-state index contributed by atoms with van der Waals surface area (Å²) in [6.07, 6.45) is 2.61. The number of hydrogen-bond acceptors (Lipinski definition) is 4. The number of nitrogens with zero attached hydrogens (tertiary/aromatic N) is 2. The Kier molecular flexibility index (Phi) is 3.97. The normalized spacial score (nSPS) is 20.3. The van der Waals surface area contributed by atoms with Crippen molar-refractivity contribution in [2.45, 2.75) is 18.2 Å². The molecule has 0 amide bonds. The summed E-state index contributed by atoms with van der Waals surface area (Å²) in [6.45, 7) is 5.69. The molecular formula is C14H20N4O2S. The standard InChI is InChI=1S/C14H20N4O2S/c1-2-18-6-5-11(9-18)8-17-21(19,20)12-3-4-13-14(7-12)16-10-15-13/h3-4,7,10-11,17H,2,5-6,8-9H2,1H3,(H,15,16)/t11-/m1/s1. The number of sulfonamides is 1. The average molecular weight is 308 g/mol. The van der Waals surface area contributed by atoms with E-state index in [9.17, 15) is 8.42 Å². The van der Waals surface area contributed by atoms with Crippen molar-refractivity contribution in [1.82, 2.24) is 19.6 Å². The fourth-order valence-corrected chi connectivity index (χ4v) is 3.90. The van der Waals surface area contributed by atoms with E-state index in [4.69, 9.17) is 0 Å². The van der Waals surface area contributed by atoms with Crippen molar-refractivity contribution in [2.75, 3.05) is 26.2 Å². The lowest BCUT2D eigenvalue weighted by Crippen LogP contribution is -2.31. The quantitative estimate of drug-likeness (QED) is 0.869. The van der Waals surface area contributed by atoms with Gasteiger partial charge in [0.1, 0.15) is 0 Å². The number of aromatic nitrogens is 2. The maximum Gasteiger partial charge on any atom is 0.240 e. The van der Waals surface area contributed by atoms with E-state index < -0.39 is 10.0 Å². The zero-order chi connectivity index (χ0) is 14.9. The second kappa shape index (κ2) is 5.75. The first-order chi connectivity index (χ1) is 10.1. The summed E-state index contributed by atoms with van der Waals surface area (Å²) in [5.41, 5.74) is 1.50. The molecule has 0 spiro atoms. The van der Waals surface area contributed by atoms with Crippen LogP contribution in [0.4, 0.5) is 0 Å². The van der Waals surface area contributed by atoms with E-state index >= 15 is 0 Å². The van der Waals surface area contributed by atoms with Crippen LogP contribution in [0.15, 0.2) is 29.4 Å². The fourth-order valence-electron chi connectivity index (χ4n) is 2.76. The zero-order valence-corrected chi connectivity index (χ0v) is 12.9. The van der Waals surface area contributed by atoms with Crippen LogP contribution in [0.1, 0.15) is 13.3 Å². The average Bonchev–Trinajstić information content (AvgIpc) is 3.13. The van der Waals surface area contributed by atoms with E-state index in [-0.39, 0.29) is 4.90 Å². The number of fused-ring (bicyclic) bond motifs is 1. The van der Waals surface area contributed by atoms with Crippen LogP contribution in [-0.4, -0.2) is 49.5 Å². The van der Waals surface area contributed by atoms with Gasteiger partial charge in [-0.1, -0.05) is 6.92 Å². The van der Waals surface area contributed by atoms with Gasteiger partial charge in [-0.2, -0.15) is 0 Å². The maximum atomic E-state index is 12.3. The lowest BCUT2D eigenvalue weighted by Gasteiger charge is -2.14. The summed E-state index contributed by atoms with van der Waals surface area (Å²) in [5, 5.41) is 0. The molecule has 7 heteroatoms. The molecule has 3 rings (SSSR count). The van der Waals surface area contributed by atoms with Crippen LogP contribution < -0.4 is 4.72 Å². The third-order valence-corrected chi connectivity index (χ3v) is 5.50. The summed E-state index contributed by atoms with van der Waals surface area (Å²) in [7, 11) is -3.46. The Hall–Kier alpha value is -1.44. The van der Waals surface area contributed by atoms with Crippen LogP contribution in [0.2, 0.25) is 0 Å². The molecule has 2 aromatic rings. The summed E-state index contributed by atoms with van der Waals surface area (Å²) in [5.74, 6) is 0.399. The van der Waals surface area contributed by atoms with Gasteiger partial charge in [-0.15, -0.1) is 0 Å². The van der Waals surface area contributed by atoms with E-state index in [2.05, 4.69) is 26.5 Å². The Labute approximate surface area is 124 Å². The monoisotopic (exact) mass is 308 g/mol. The Balaban J connectivity index is 1.68. The lowest BCUT2D eigenvalue weighted by molar-refractivity contribution is 0.342. The molecule has 1 saturated heterocycles. The van der Waals surface area contributed by atoms with Crippen molar-refractivity contribution in [1.29, 1.82) is 0 Å². The molecule has 21 heavy (non-hydrogen) atoms. The van der Waals surface area contributed by atoms with Crippen molar-refractivity contribution < 1.29 is 8.42 Å². The van der Waals surface area contributed by atoms with Crippen LogP contribution in [0.3, 0.4) is 0 Å².